The summed E-state index contributed by atoms with van der Waals surface area (Å²) < 4.78 is 62.2. The fourth-order valence-corrected chi connectivity index (χ4v) is 10.5. The number of methoxy groups -OCH3 is 1. The monoisotopic (exact) mass is 755 g/mol. The molecular formula is C38H44ClF2N5O5S. The smallest absolute Gasteiger partial charge is 0.286 e. The molecule has 3 heterocycles. The highest BCUT2D eigenvalue weighted by Gasteiger charge is 2.44. The largest absolute Gasteiger partial charge is 0.490 e. The molecule has 1 N–H and O–H groups in total. The van der Waals surface area contributed by atoms with Crippen molar-refractivity contribution < 1.29 is 32.1 Å². The molecule has 1 fully saturated rings. The van der Waals surface area contributed by atoms with Crippen LogP contribution in [0.2, 0.25) is 5.02 Å². The van der Waals surface area contributed by atoms with Crippen LogP contribution in [-0.4, -0.2) is 64.5 Å². The molecule has 1 saturated carbocycles. The highest BCUT2D eigenvalue weighted by molar-refractivity contribution is 7.92. The first-order valence-electron chi connectivity index (χ1n) is 17.8. The second kappa shape index (κ2) is 14.5. The maximum atomic E-state index is 14.5. The Morgan fingerprint density at radius 2 is 2.04 bits per heavy atom. The third kappa shape index (κ3) is 7.23. The van der Waals surface area contributed by atoms with Crippen molar-refractivity contribution in [2.24, 2.45) is 29.2 Å². The van der Waals surface area contributed by atoms with Crippen molar-refractivity contribution in [2.75, 3.05) is 37.5 Å². The zero-order valence-electron chi connectivity index (χ0n) is 29.5. The molecule has 4 aliphatic rings. The number of benzene rings is 2. The number of rotatable bonds is 4. The van der Waals surface area contributed by atoms with Crippen LogP contribution in [0.1, 0.15) is 83.0 Å². The minimum atomic E-state index is -3.80. The van der Waals surface area contributed by atoms with Gasteiger partial charge in [0.2, 0.25) is 0 Å². The lowest BCUT2D eigenvalue weighted by Gasteiger charge is -2.46. The minimum absolute atomic E-state index is 0.131. The Hall–Kier alpha value is -3.81. The van der Waals surface area contributed by atoms with Gasteiger partial charge in [-0.15, -0.1) is 4.36 Å². The van der Waals surface area contributed by atoms with E-state index in [-0.39, 0.29) is 34.7 Å². The van der Waals surface area contributed by atoms with Crippen molar-refractivity contribution in [3.05, 3.63) is 87.7 Å². The van der Waals surface area contributed by atoms with E-state index in [1.807, 2.05) is 25.1 Å². The standard InChI is InChI=1S/C38H44ClF2N5O5S/c1-23-6-4-8-32(50-3)28-12-9-26(28)18-46-21-38(15-5-7-24-16-27(39)11-13-30(24)38)22-51-33-14-10-25(17-31(33)46)36(47)43-52(49,20-23)44-37(48)29-19-45(2)42-34(29)35(40)41/h4,8,10-11,13-14,16-17,19,23,26,28,32,35H,5-7,9,12,15,18,20-22H2,1-3H3,(H,43,44,47,48,49)/b8-4-/t23-,26-,28+,32-,38-,52?/m0/s1. The first kappa shape index (κ1) is 36.5. The summed E-state index contributed by atoms with van der Waals surface area (Å²) in [6.07, 6.45) is 7.38. The van der Waals surface area contributed by atoms with Gasteiger partial charge < -0.3 is 14.4 Å². The van der Waals surface area contributed by atoms with Crippen LogP contribution in [-0.2, 0) is 33.5 Å². The zero-order valence-corrected chi connectivity index (χ0v) is 31.1. The van der Waals surface area contributed by atoms with Crippen LogP contribution in [0.3, 0.4) is 0 Å². The van der Waals surface area contributed by atoms with Gasteiger partial charge in [-0.25, -0.2) is 13.0 Å². The summed E-state index contributed by atoms with van der Waals surface area (Å²) in [5.41, 5.74) is 1.87. The third-order valence-corrected chi connectivity index (χ3v) is 13.3. The van der Waals surface area contributed by atoms with Crippen molar-refractivity contribution in [1.82, 2.24) is 14.5 Å². The number of fused-ring (bicyclic) bond motifs is 4. The number of anilines is 1. The van der Waals surface area contributed by atoms with Crippen LogP contribution >= 0.6 is 11.6 Å². The third-order valence-electron chi connectivity index (χ3n) is 11.1. The maximum Gasteiger partial charge on any atom is 0.286 e. The van der Waals surface area contributed by atoms with Gasteiger partial charge in [0.1, 0.15) is 21.4 Å². The second-order valence-electron chi connectivity index (χ2n) is 14.8. The SMILES string of the molecule is CO[C@H]1/C=C\C[C@H](C)CS(=O)(NC(=O)c2cn(C)nc2C(F)F)=NC(=O)c2ccc3c(c2)N(C[C@@H]2CC[C@H]21)C[C@@]1(CCCc2cc(Cl)ccc21)CO3. The van der Waals surface area contributed by atoms with Crippen LogP contribution < -0.4 is 14.4 Å². The zero-order chi connectivity index (χ0) is 36.8. The number of alkyl halides is 2. The highest BCUT2D eigenvalue weighted by atomic mass is 35.5. The van der Waals surface area contributed by atoms with Crippen molar-refractivity contribution in [3.8, 4) is 5.75 Å². The molecule has 52 heavy (non-hydrogen) atoms. The Kier molecular flexibility index (Phi) is 10.2. The van der Waals surface area contributed by atoms with Gasteiger partial charge in [0.05, 0.1) is 29.7 Å². The lowest BCUT2D eigenvalue weighted by molar-refractivity contribution is 0.0131. The number of hydrogen-bond donors (Lipinski definition) is 1. The van der Waals surface area contributed by atoms with Crippen molar-refractivity contribution >= 4 is 39.0 Å². The number of nitrogens with zero attached hydrogens (tertiary/aromatic N) is 4. The molecule has 1 aromatic heterocycles. The molecule has 0 radical (unpaired) electrons. The predicted octanol–water partition coefficient (Wildman–Crippen LogP) is 7.07. The van der Waals surface area contributed by atoms with Crippen LogP contribution in [0.5, 0.6) is 5.75 Å². The van der Waals surface area contributed by atoms with E-state index >= 15 is 0 Å². The van der Waals surface area contributed by atoms with E-state index in [1.165, 1.54) is 18.2 Å². The number of halogens is 3. The maximum absolute atomic E-state index is 14.5. The Balaban J connectivity index is 1.30. The number of aromatic nitrogens is 2. The summed E-state index contributed by atoms with van der Waals surface area (Å²) in [4.78, 5) is 29.7. The van der Waals surface area contributed by atoms with Crippen LogP contribution in [0.15, 0.2) is 59.1 Å². The number of allylic oxidation sites excluding steroid dienone is 1. The van der Waals surface area contributed by atoms with Gasteiger partial charge in [0, 0.05) is 49.4 Å². The number of carbonyl (C=O) groups is 2. The average molecular weight is 756 g/mol. The average Bonchev–Trinajstić information content (AvgIpc) is 3.42. The number of hydrogen-bond acceptors (Lipinski definition) is 7. The quantitative estimate of drug-likeness (QED) is 0.283. The first-order valence-corrected chi connectivity index (χ1v) is 19.9. The number of amides is 2. The van der Waals surface area contributed by atoms with Crippen molar-refractivity contribution in [3.63, 3.8) is 0 Å². The molecular weight excluding hydrogens is 712 g/mol. The summed E-state index contributed by atoms with van der Waals surface area (Å²) in [7, 11) is -0.678. The Labute approximate surface area is 308 Å². The molecule has 7 rings (SSSR count). The molecule has 2 amide bonds. The van der Waals surface area contributed by atoms with Crippen molar-refractivity contribution in [2.45, 2.75) is 63.4 Å². The van der Waals surface area contributed by atoms with E-state index < -0.39 is 39.4 Å². The van der Waals surface area contributed by atoms with E-state index in [1.54, 1.807) is 25.3 Å². The lowest BCUT2D eigenvalue weighted by Crippen LogP contribution is -2.49. The van der Waals surface area contributed by atoms with E-state index in [2.05, 4.69) is 31.2 Å². The molecule has 2 aromatic carbocycles. The first-order chi connectivity index (χ1) is 24.9. The molecule has 14 heteroatoms. The Morgan fingerprint density at radius 3 is 2.79 bits per heavy atom. The lowest BCUT2D eigenvalue weighted by atomic mass is 9.68. The number of aryl methyl sites for hydroxylation is 2. The summed E-state index contributed by atoms with van der Waals surface area (Å²) in [5.74, 6) is -1.08. The summed E-state index contributed by atoms with van der Waals surface area (Å²) >= 11 is 6.44. The van der Waals surface area contributed by atoms with Gasteiger partial charge in [-0.05, 0) is 97.7 Å². The van der Waals surface area contributed by atoms with E-state index in [9.17, 15) is 22.6 Å². The minimum Gasteiger partial charge on any atom is -0.490 e. The van der Waals surface area contributed by atoms with Gasteiger partial charge in [0.15, 0.2) is 0 Å². The predicted molar refractivity (Wildman–Crippen MR) is 196 cm³/mol. The topological polar surface area (TPSA) is 115 Å². The Bertz CT molecular complexity index is 2030. The normalized spacial score (nSPS) is 29.6. The van der Waals surface area contributed by atoms with Crippen LogP contribution in [0.4, 0.5) is 14.5 Å². The fraction of sp³-hybridized carbons (Fsp3) is 0.500. The van der Waals surface area contributed by atoms with Gasteiger partial charge in [-0.3, -0.25) is 19.0 Å². The highest BCUT2D eigenvalue weighted by Crippen LogP contribution is 2.47. The molecule has 3 aromatic rings. The molecule has 2 bridgehead atoms. The van der Waals surface area contributed by atoms with E-state index in [0.717, 1.165) is 55.2 Å². The van der Waals surface area contributed by atoms with E-state index in [0.29, 0.717) is 36.3 Å². The summed E-state index contributed by atoms with van der Waals surface area (Å²) in [6.45, 7) is 3.66. The summed E-state index contributed by atoms with van der Waals surface area (Å²) in [6, 6.07) is 11.2. The Morgan fingerprint density at radius 1 is 1.21 bits per heavy atom. The van der Waals surface area contributed by atoms with Gasteiger partial charge in [0.25, 0.3) is 18.2 Å². The van der Waals surface area contributed by atoms with Gasteiger partial charge >= 0.3 is 0 Å². The number of nitrogens with one attached hydrogen (secondary N) is 1. The number of carbonyl (C=O) groups excluding carboxylic acids is 2. The molecule has 278 valence electrons. The molecule has 1 unspecified atom stereocenters. The fourth-order valence-electron chi connectivity index (χ4n) is 8.41. The van der Waals surface area contributed by atoms with Gasteiger partial charge in [-0.1, -0.05) is 36.7 Å². The van der Waals surface area contributed by atoms with Crippen LogP contribution in [0, 0.1) is 17.8 Å². The van der Waals surface area contributed by atoms with Gasteiger partial charge in [-0.2, -0.15) is 5.10 Å². The molecule has 6 atom stereocenters. The molecule has 2 aliphatic carbocycles. The van der Waals surface area contributed by atoms with Crippen LogP contribution in [0.25, 0.3) is 0 Å². The number of ether oxygens (including phenoxy) is 2. The molecule has 1 spiro atoms. The van der Waals surface area contributed by atoms with E-state index in [4.69, 9.17) is 21.1 Å². The molecule has 10 nitrogen and oxygen atoms in total. The molecule has 2 aliphatic heterocycles. The molecule has 0 saturated heterocycles. The van der Waals surface area contributed by atoms with Crippen molar-refractivity contribution in [1.29, 1.82) is 0 Å². The second-order valence-corrected chi connectivity index (χ2v) is 17.2. The summed E-state index contributed by atoms with van der Waals surface area (Å²) in [5, 5.41) is 4.41.